The molecule has 0 radical (unpaired) electrons. The van der Waals surface area contributed by atoms with Crippen molar-refractivity contribution in [3.8, 4) is 5.88 Å². The van der Waals surface area contributed by atoms with E-state index in [0.29, 0.717) is 34.6 Å². The van der Waals surface area contributed by atoms with Crippen molar-refractivity contribution in [1.82, 2.24) is 14.6 Å². The van der Waals surface area contributed by atoms with Crippen LogP contribution < -0.4 is 4.72 Å². The Balaban J connectivity index is 1.35. The third-order valence-electron chi connectivity index (χ3n) is 7.68. The SMILES string of the molecule is C[C@@H]1CN(Cc2ccc(N=C(c3ccccc3)c3c(O)[nH]c4ccc(S(=O)(=O)NCC5CC5)cc34)cc2)C[C@H](C)O1. The number of hydrogen-bond donors (Lipinski definition) is 3. The van der Waals surface area contributed by atoms with Crippen molar-refractivity contribution >= 4 is 32.3 Å². The van der Waals surface area contributed by atoms with Crippen molar-refractivity contribution < 1.29 is 18.3 Å². The summed E-state index contributed by atoms with van der Waals surface area (Å²) in [4.78, 5) is 10.6. The van der Waals surface area contributed by atoms with E-state index in [1.54, 1.807) is 18.2 Å². The van der Waals surface area contributed by atoms with Crippen LogP contribution in [-0.2, 0) is 21.3 Å². The summed E-state index contributed by atoms with van der Waals surface area (Å²) < 4.78 is 34.7. The Bertz CT molecular complexity index is 1650. The fourth-order valence-corrected chi connectivity index (χ4v) is 6.68. The zero-order valence-electron chi connectivity index (χ0n) is 23.4. The molecule has 3 N–H and O–H groups in total. The van der Waals surface area contributed by atoms with E-state index in [0.717, 1.165) is 43.7 Å². The lowest BCUT2D eigenvalue weighted by Crippen LogP contribution is -2.44. The van der Waals surface area contributed by atoms with E-state index < -0.39 is 10.0 Å². The molecule has 1 aliphatic heterocycles. The number of morpholine rings is 1. The normalized spacial score (nSPS) is 20.5. The predicted molar refractivity (Wildman–Crippen MR) is 161 cm³/mol. The van der Waals surface area contributed by atoms with Crippen LogP contribution in [0.1, 0.15) is 43.4 Å². The maximum absolute atomic E-state index is 13.0. The molecule has 6 rings (SSSR count). The average Bonchev–Trinajstić information content (AvgIpc) is 3.72. The van der Waals surface area contributed by atoms with Gasteiger partial charge in [0.05, 0.1) is 34.1 Å². The second-order valence-electron chi connectivity index (χ2n) is 11.3. The molecule has 8 nitrogen and oxygen atoms in total. The zero-order chi connectivity index (χ0) is 28.6. The van der Waals surface area contributed by atoms with Crippen molar-refractivity contribution in [3.63, 3.8) is 0 Å². The van der Waals surface area contributed by atoms with Crippen LogP contribution in [0.4, 0.5) is 5.69 Å². The lowest BCUT2D eigenvalue weighted by Gasteiger charge is -2.35. The van der Waals surface area contributed by atoms with Gasteiger partial charge in [-0.2, -0.15) is 0 Å². The van der Waals surface area contributed by atoms with Gasteiger partial charge in [-0.25, -0.2) is 18.1 Å². The number of aromatic amines is 1. The predicted octanol–water partition coefficient (Wildman–Crippen LogP) is 5.34. The number of H-pyrrole nitrogens is 1. The Morgan fingerprint density at radius 1 is 1.02 bits per heavy atom. The van der Waals surface area contributed by atoms with Gasteiger partial charge in [-0.1, -0.05) is 42.5 Å². The average molecular weight is 573 g/mol. The number of rotatable bonds is 9. The molecule has 1 aromatic heterocycles. The van der Waals surface area contributed by atoms with E-state index in [1.165, 1.54) is 5.56 Å². The number of fused-ring (bicyclic) bond motifs is 1. The first kappa shape index (κ1) is 27.7. The van der Waals surface area contributed by atoms with Gasteiger partial charge in [0.15, 0.2) is 5.88 Å². The standard InChI is InChI=1S/C32H36N4O4S/c1-21-18-36(19-22(2)40-21)20-24-10-12-26(13-11-24)34-31(25-6-4-3-5-7-25)30-28-16-27(14-15-29(28)35-32(30)37)41(38,39)33-17-23-8-9-23/h3-7,10-16,21-23,33,35,37H,8-9,17-20H2,1-2H3/t21-,22+. The van der Waals surface area contributed by atoms with Crippen LogP contribution >= 0.6 is 0 Å². The Hall–Kier alpha value is -3.50. The fourth-order valence-electron chi connectivity index (χ4n) is 5.53. The van der Waals surface area contributed by atoms with E-state index in [-0.39, 0.29) is 23.0 Å². The van der Waals surface area contributed by atoms with Crippen LogP contribution in [0.15, 0.2) is 82.7 Å². The molecule has 1 saturated carbocycles. The lowest BCUT2D eigenvalue weighted by atomic mass is 10.0. The highest BCUT2D eigenvalue weighted by molar-refractivity contribution is 7.89. The largest absolute Gasteiger partial charge is 0.494 e. The molecule has 2 heterocycles. The van der Waals surface area contributed by atoms with Gasteiger partial charge >= 0.3 is 0 Å². The summed E-state index contributed by atoms with van der Waals surface area (Å²) in [7, 11) is -3.68. The maximum atomic E-state index is 13.0. The summed E-state index contributed by atoms with van der Waals surface area (Å²) in [5, 5.41) is 11.7. The molecule has 2 atom stereocenters. The molecule has 2 aliphatic rings. The van der Waals surface area contributed by atoms with E-state index in [9.17, 15) is 13.5 Å². The first-order valence-corrected chi connectivity index (χ1v) is 15.7. The van der Waals surface area contributed by atoms with E-state index >= 15 is 0 Å². The Morgan fingerprint density at radius 3 is 2.41 bits per heavy atom. The van der Waals surface area contributed by atoms with Gasteiger partial charge < -0.3 is 14.8 Å². The summed E-state index contributed by atoms with van der Waals surface area (Å²) in [6, 6.07) is 22.6. The van der Waals surface area contributed by atoms with Gasteiger partial charge in [0.25, 0.3) is 0 Å². The smallest absolute Gasteiger partial charge is 0.240 e. The van der Waals surface area contributed by atoms with Gasteiger partial charge in [0.1, 0.15) is 0 Å². The highest BCUT2D eigenvalue weighted by Gasteiger charge is 2.26. The highest BCUT2D eigenvalue weighted by Crippen LogP contribution is 2.34. The summed E-state index contributed by atoms with van der Waals surface area (Å²) >= 11 is 0. The summed E-state index contributed by atoms with van der Waals surface area (Å²) in [5.41, 5.74) is 4.38. The van der Waals surface area contributed by atoms with Crippen molar-refractivity contribution in [2.45, 2.75) is 50.3 Å². The van der Waals surface area contributed by atoms with Gasteiger partial charge in [-0.15, -0.1) is 0 Å². The number of aromatic nitrogens is 1. The second kappa shape index (κ2) is 11.4. The van der Waals surface area contributed by atoms with Crippen LogP contribution in [0.5, 0.6) is 5.88 Å². The third-order valence-corrected chi connectivity index (χ3v) is 9.10. The monoisotopic (exact) mass is 572 g/mol. The van der Waals surface area contributed by atoms with Crippen LogP contribution in [0.25, 0.3) is 10.9 Å². The van der Waals surface area contributed by atoms with E-state index in [1.807, 2.05) is 42.5 Å². The number of nitrogens with one attached hydrogen (secondary N) is 2. The Kier molecular flexibility index (Phi) is 7.70. The molecule has 9 heteroatoms. The van der Waals surface area contributed by atoms with Crippen LogP contribution in [0, 0.1) is 5.92 Å². The first-order valence-electron chi connectivity index (χ1n) is 14.2. The molecular weight excluding hydrogens is 536 g/mol. The van der Waals surface area contributed by atoms with Gasteiger partial charge in [0, 0.05) is 42.6 Å². The molecule has 0 unspecified atom stereocenters. The molecule has 0 amide bonds. The number of aromatic hydroxyl groups is 1. The third kappa shape index (κ3) is 6.38. The van der Waals surface area contributed by atoms with Crippen molar-refractivity contribution in [3.05, 3.63) is 89.5 Å². The number of hydrogen-bond acceptors (Lipinski definition) is 6. The van der Waals surface area contributed by atoms with Crippen LogP contribution in [0.2, 0.25) is 0 Å². The topological polar surface area (TPSA) is 107 Å². The summed E-state index contributed by atoms with van der Waals surface area (Å²) in [6.07, 6.45) is 2.54. The van der Waals surface area contributed by atoms with Crippen molar-refractivity contribution in [2.75, 3.05) is 19.6 Å². The maximum Gasteiger partial charge on any atom is 0.240 e. The summed E-state index contributed by atoms with van der Waals surface area (Å²) in [6.45, 7) is 7.29. The summed E-state index contributed by atoms with van der Waals surface area (Å²) in [5.74, 6) is 0.361. The minimum Gasteiger partial charge on any atom is -0.494 e. The van der Waals surface area contributed by atoms with Gasteiger partial charge in [-0.3, -0.25) is 4.90 Å². The molecule has 4 aromatic rings. The molecule has 0 spiro atoms. The zero-order valence-corrected chi connectivity index (χ0v) is 24.2. The molecule has 214 valence electrons. The van der Waals surface area contributed by atoms with Crippen LogP contribution in [0.3, 0.4) is 0 Å². The first-order chi connectivity index (χ1) is 19.7. The molecule has 0 bridgehead atoms. The number of aliphatic imine (C=N–C) groups is 1. The quantitative estimate of drug-likeness (QED) is 0.235. The van der Waals surface area contributed by atoms with Crippen molar-refractivity contribution in [1.29, 1.82) is 0 Å². The lowest BCUT2D eigenvalue weighted by molar-refractivity contribution is -0.0704. The minimum atomic E-state index is -3.68. The van der Waals surface area contributed by atoms with Crippen LogP contribution in [-0.4, -0.2) is 61.0 Å². The number of nitrogens with zero attached hydrogens (tertiary/aromatic N) is 2. The molecule has 41 heavy (non-hydrogen) atoms. The number of sulfonamides is 1. The number of benzene rings is 3. The highest BCUT2D eigenvalue weighted by atomic mass is 32.2. The molecular formula is C32H36N4O4S. The van der Waals surface area contributed by atoms with Crippen molar-refractivity contribution in [2.24, 2.45) is 10.9 Å². The molecule has 2 fully saturated rings. The molecule has 1 aliphatic carbocycles. The fraction of sp³-hybridized carbons (Fsp3) is 0.344. The minimum absolute atomic E-state index is 0.0599. The van der Waals surface area contributed by atoms with E-state index in [2.05, 4.69) is 40.6 Å². The molecule has 1 saturated heterocycles. The van der Waals surface area contributed by atoms with Gasteiger partial charge in [0.2, 0.25) is 10.0 Å². The van der Waals surface area contributed by atoms with E-state index in [4.69, 9.17) is 9.73 Å². The Morgan fingerprint density at radius 2 is 1.73 bits per heavy atom. The second-order valence-corrected chi connectivity index (χ2v) is 13.1. The number of ether oxygens (including phenoxy) is 1. The Labute approximate surface area is 241 Å². The van der Waals surface area contributed by atoms with Gasteiger partial charge in [-0.05, 0) is 68.5 Å². The molecule has 3 aromatic carbocycles.